The average molecular weight is 314 g/mol. The molecule has 0 aromatic heterocycles. The zero-order valence-electron chi connectivity index (χ0n) is 11.7. The van der Waals surface area contributed by atoms with Crippen molar-refractivity contribution in [3.8, 4) is 0 Å². The van der Waals surface area contributed by atoms with Gasteiger partial charge in [-0.1, -0.05) is 41.9 Å². The fourth-order valence-corrected chi connectivity index (χ4v) is 2.55. The van der Waals surface area contributed by atoms with E-state index in [-0.39, 0.29) is 12.2 Å². The highest BCUT2D eigenvalue weighted by Crippen LogP contribution is 2.23. The maximum Gasteiger partial charge on any atom is 0.0953 e. The molecule has 2 atom stereocenters. The number of hydrogen-bond acceptors (Lipinski definition) is 2. The standard InChI is InChI=1S/C15H24BrNO/c1-11(2)8-12(3)18-15(10-17-4)13-6-5-7-14(16)9-13/h5-7,9,11-12,15,17H,8,10H2,1-4H3. The van der Waals surface area contributed by atoms with Gasteiger partial charge in [-0.2, -0.15) is 0 Å². The van der Waals surface area contributed by atoms with Crippen LogP contribution in [0, 0.1) is 5.92 Å². The number of nitrogens with one attached hydrogen (secondary N) is 1. The highest BCUT2D eigenvalue weighted by molar-refractivity contribution is 9.10. The van der Waals surface area contributed by atoms with Crippen LogP contribution in [0.25, 0.3) is 0 Å². The van der Waals surface area contributed by atoms with E-state index in [0.29, 0.717) is 5.92 Å². The maximum atomic E-state index is 6.16. The summed E-state index contributed by atoms with van der Waals surface area (Å²) in [5.41, 5.74) is 1.22. The minimum absolute atomic E-state index is 0.112. The number of hydrogen-bond donors (Lipinski definition) is 1. The van der Waals surface area contributed by atoms with Crippen molar-refractivity contribution in [3.63, 3.8) is 0 Å². The molecular weight excluding hydrogens is 290 g/mol. The minimum atomic E-state index is 0.112. The molecule has 1 aromatic carbocycles. The Kier molecular flexibility index (Phi) is 6.90. The van der Waals surface area contributed by atoms with Crippen LogP contribution in [0.1, 0.15) is 38.9 Å². The Balaban J connectivity index is 2.70. The van der Waals surface area contributed by atoms with E-state index in [4.69, 9.17) is 4.74 Å². The lowest BCUT2D eigenvalue weighted by atomic mass is 10.1. The topological polar surface area (TPSA) is 21.3 Å². The number of halogens is 1. The van der Waals surface area contributed by atoms with Crippen LogP contribution in [0.4, 0.5) is 0 Å². The van der Waals surface area contributed by atoms with Crippen LogP contribution in [0.2, 0.25) is 0 Å². The van der Waals surface area contributed by atoms with Gasteiger partial charge < -0.3 is 10.1 Å². The molecule has 0 bridgehead atoms. The maximum absolute atomic E-state index is 6.16. The van der Waals surface area contributed by atoms with Crippen molar-refractivity contribution >= 4 is 15.9 Å². The third-order valence-electron chi connectivity index (χ3n) is 2.81. The van der Waals surface area contributed by atoms with Crippen molar-refractivity contribution < 1.29 is 4.74 Å². The molecule has 1 N–H and O–H groups in total. The molecule has 0 radical (unpaired) electrons. The molecule has 18 heavy (non-hydrogen) atoms. The molecule has 0 aliphatic heterocycles. The molecule has 102 valence electrons. The molecule has 0 amide bonds. The fourth-order valence-electron chi connectivity index (χ4n) is 2.14. The molecule has 2 unspecified atom stereocenters. The van der Waals surface area contributed by atoms with Crippen LogP contribution in [-0.2, 0) is 4.74 Å². The van der Waals surface area contributed by atoms with Crippen LogP contribution >= 0.6 is 15.9 Å². The quantitative estimate of drug-likeness (QED) is 0.816. The van der Waals surface area contributed by atoms with Crippen molar-refractivity contribution in [2.24, 2.45) is 5.92 Å². The van der Waals surface area contributed by atoms with E-state index < -0.39 is 0 Å². The number of ether oxygens (including phenoxy) is 1. The van der Waals surface area contributed by atoms with Gasteiger partial charge in [0.1, 0.15) is 0 Å². The van der Waals surface area contributed by atoms with Crippen LogP contribution in [0.15, 0.2) is 28.7 Å². The minimum Gasteiger partial charge on any atom is -0.369 e. The van der Waals surface area contributed by atoms with Gasteiger partial charge in [0.2, 0.25) is 0 Å². The second-order valence-corrected chi connectivity index (χ2v) is 6.09. The van der Waals surface area contributed by atoms with Gasteiger partial charge in [0.05, 0.1) is 12.2 Å². The summed E-state index contributed by atoms with van der Waals surface area (Å²) in [6, 6.07) is 8.34. The van der Waals surface area contributed by atoms with E-state index in [1.165, 1.54) is 5.56 Å². The lowest BCUT2D eigenvalue weighted by Crippen LogP contribution is -2.24. The second kappa shape index (κ2) is 7.93. The average Bonchev–Trinajstić information content (AvgIpc) is 2.27. The molecule has 1 aromatic rings. The predicted octanol–water partition coefficient (Wildman–Crippen LogP) is 4.16. The number of benzene rings is 1. The normalized spacial score (nSPS) is 14.8. The molecule has 0 heterocycles. The van der Waals surface area contributed by atoms with E-state index in [9.17, 15) is 0 Å². The molecular formula is C15H24BrNO. The largest absolute Gasteiger partial charge is 0.369 e. The van der Waals surface area contributed by atoms with Crippen LogP contribution in [-0.4, -0.2) is 19.7 Å². The zero-order valence-corrected chi connectivity index (χ0v) is 13.3. The molecule has 3 heteroatoms. The Morgan fingerprint density at radius 1 is 1.28 bits per heavy atom. The van der Waals surface area contributed by atoms with Crippen LogP contribution in [0.5, 0.6) is 0 Å². The zero-order chi connectivity index (χ0) is 13.5. The highest BCUT2D eigenvalue weighted by Gasteiger charge is 2.16. The Morgan fingerprint density at radius 3 is 2.56 bits per heavy atom. The fraction of sp³-hybridized carbons (Fsp3) is 0.600. The molecule has 1 rings (SSSR count). The van der Waals surface area contributed by atoms with Crippen molar-refractivity contribution in [1.29, 1.82) is 0 Å². The molecule has 2 nitrogen and oxygen atoms in total. The molecule has 0 saturated heterocycles. The number of rotatable bonds is 7. The second-order valence-electron chi connectivity index (χ2n) is 5.18. The Labute approximate surface area is 119 Å². The van der Waals surface area contributed by atoms with Crippen molar-refractivity contribution in [2.45, 2.75) is 39.4 Å². The monoisotopic (exact) mass is 313 g/mol. The summed E-state index contributed by atoms with van der Waals surface area (Å²) in [4.78, 5) is 0. The molecule has 0 aliphatic carbocycles. The third kappa shape index (κ3) is 5.51. The van der Waals surface area contributed by atoms with Gasteiger partial charge in [0.15, 0.2) is 0 Å². The Morgan fingerprint density at radius 2 is 2.00 bits per heavy atom. The summed E-state index contributed by atoms with van der Waals surface area (Å²) in [6.45, 7) is 7.44. The number of likely N-dealkylation sites (N-methyl/N-ethyl adjacent to an activating group) is 1. The van der Waals surface area contributed by atoms with Gasteiger partial charge in [-0.15, -0.1) is 0 Å². The van der Waals surface area contributed by atoms with Gasteiger partial charge in [-0.05, 0) is 44.0 Å². The summed E-state index contributed by atoms with van der Waals surface area (Å²) in [6.07, 6.45) is 1.48. The summed E-state index contributed by atoms with van der Waals surface area (Å²) in [5.74, 6) is 0.665. The third-order valence-corrected chi connectivity index (χ3v) is 3.30. The van der Waals surface area contributed by atoms with E-state index in [1.54, 1.807) is 0 Å². The van der Waals surface area contributed by atoms with Crippen molar-refractivity contribution in [3.05, 3.63) is 34.3 Å². The summed E-state index contributed by atoms with van der Waals surface area (Å²) in [5, 5.41) is 3.20. The molecule has 0 fully saturated rings. The van der Waals surface area contributed by atoms with E-state index in [0.717, 1.165) is 17.4 Å². The first-order valence-corrected chi connectivity index (χ1v) is 7.37. The first-order valence-electron chi connectivity index (χ1n) is 6.58. The van der Waals surface area contributed by atoms with Crippen molar-refractivity contribution in [2.75, 3.05) is 13.6 Å². The van der Waals surface area contributed by atoms with Crippen molar-refractivity contribution in [1.82, 2.24) is 5.32 Å². The van der Waals surface area contributed by atoms with E-state index in [1.807, 2.05) is 13.1 Å². The smallest absolute Gasteiger partial charge is 0.0953 e. The van der Waals surface area contributed by atoms with Crippen LogP contribution < -0.4 is 5.32 Å². The van der Waals surface area contributed by atoms with Gasteiger partial charge in [0, 0.05) is 11.0 Å². The lowest BCUT2D eigenvalue weighted by Gasteiger charge is -2.24. The van der Waals surface area contributed by atoms with E-state index >= 15 is 0 Å². The van der Waals surface area contributed by atoms with Gasteiger partial charge in [-0.25, -0.2) is 0 Å². The Bertz CT molecular complexity index is 354. The molecule has 0 aliphatic rings. The summed E-state index contributed by atoms with van der Waals surface area (Å²) >= 11 is 3.51. The molecule has 0 spiro atoms. The Hall–Kier alpha value is -0.380. The summed E-state index contributed by atoms with van der Waals surface area (Å²) in [7, 11) is 1.96. The predicted molar refractivity (Wildman–Crippen MR) is 80.8 cm³/mol. The first kappa shape index (κ1) is 15.7. The highest BCUT2D eigenvalue weighted by atomic mass is 79.9. The van der Waals surface area contributed by atoms with Gasteiger partial charge >= 0.3 is 0 Å². The van der Waals surface area contributed by atoms with Gasteiger partial charge in [0.25, 0.3) is 0 Å². The lowest BCUT2D eigenvalue weighted by molar-refractivity contribution is -0.0118. The SMILES string of the molecule is CNCC(OC(C)CC(C)C)c1cccc(Br)c1. The van der Waals surface area contributed by atoms with E-state index in [2.05, 4.69) is 60.2 Å². The molecule has 0 saturated carbocycles. The summed E-state index contributed by atoms with van der Waals surface area (Å²) < 4.78 is 7.26. The first-order chi connectivity index (χ1) is 8.52. The van der Waals surface area contributed by atoms with Crippen LogP contribution in [0.3, 0.4) is 0 Å². The van der Waals surface area contributed by atoms with Gasteiger partial charge in [-0.3, -0.25) is 0 Å².